The number of alkyl halides is 3. The van der Waals surface area contributed by atoms with E-state index < -0.39 is 17.9 Å². The van der Waals surface area contributed by atoms with Crippen LogP contribution in [0, 0.1) is 0 Å². The van der Waals surface area contributed by atoms with Crippen molar-refractivity contribution in [2.75, 3.05) is 19.4 Å². The second-order valence-electron chi connectivity index (χ2n) is 7.53. The number of rotatable bonds is 2. The SMILES string of the molecule is CN(C(=O)c1ccc2nc(N)c3c(c2c1)COC3)[C@@H]1COc2cc(C(F)(F)F)ncc21. The average molecular weight is 430 g/mol. The number of anilines is 1. The molecule has 0 saturated carbocycles. The van der Waals surface area contributed by atoms with Crippen LogP contribution >= 0.6 is 0 Å². The first-order valence-electron chi connectivity index (χ1n) is 9.50. The molecule has 5 rings (SSSR count). The summed E-state index contributed by atoms with van der Waals surface area (Å²) >= 11 is 0. The number of nitrogen functional groups attached to an aromatic ring is 1. The van der Waals surface area contributed by atoms with Crippen LogP contribution in [0.3, 0.4) is 0 Å². The minimum absolute atomic E-state index is 0.0511. The molecule has 2 aromatic heterocycles. The van der Waals surface area contributed by atoms with Gasteiger partial charge in [-0.2, -0.15) is 13.2 Å². The summed E-state index contributed by atoms with van der Waals surface area (Å²) < 4.78 is 49.6. The van der Waals surface area contributed by atoms with E-state index >= 15 is 0 Å². The quantitative estimate of drug-likeness (QED) is 0.670. The predicted octanol–water partition coefficient (Wildman–Crippen LogP) is 3.47. The first kappa shape index (κ1) is 19.6. The third kappa shape index (κ3) is 3.14. The largest absolute Gasteiger partial charge is 0.491 e. The van der Waals surface area contributed by atoms with E-state index in [0.29, 0.717) is 35.7 Å². The fraction of sp³-hybridized carbons (Fsp3) is 0.286. The highest BCUT2D eigenvalue weighted by Crippen LogP contribution is 2.39. The van der Waals surface area contributed by atoms with E-state index in [1.807, 2.05) is 0 Å². The average Bonchev–Trinajstić information content (AvgIpc) is 3.39. The summed E-state index contributed by atoms with van der Waals surface area (Å²) in [6, 6.07) is 5.43. The Hall–Kier alpha value is -3.40. The Labute approximate surface area is 174 Å². The summed E-state index contributed by atoms with van der Waals surface area (Å²) in [6.45, 7) is 0.823. The van der Waals surface area contributed by atoms with Crippen LogP contribution in [-0.2, 0) is 24.1 Å². The minimum atomic E-state index is -4.56. The van der Waals surface area contributed by atoms with Gasteiger partial charge in [-0.25, -0.2) is 4.98 Å². The summed E-state index contributed by atoms with van der Waals surface area (Å²) in [7, 11) is 1.59. The van der Waals surface area contributed by atoms with Gasteiger partial charge in [-0.15, -0.1) is 0 Å². The Kier molecular flexibility index (Phi) is 4.30. The molecule has 160 valence electrons. The third-order valence-electron chi connectivity index (χ3n) is 5.70. The molecular weight excluding hydrogens is 413 g/mol. The van der Waals surface area contributed by atoms with Crippen LogP contribution in [0.25, 0.3) is 10.9 Å². The van der Waals surface area contributed by atoms with Gasteiger partial charge in [0, 0.05) is 41.4 Å². The van der Waals surface area contributed by atoms with Crippen LogP contribution in [0.1, 0.15) is 38.8 Å². The van der Waals surface area contributed by atoms with E-state index in [4.69, 9.17) is 15.2 Å². The molecule has 1 atom stereocenters. The molecule has 7 nitrogen and oxygen atoms in total. The Morgan fingerprint density at radius 2 is 2.00 bits per heavy atom. The van der Waals surface area contributed by atoms with Crippen molar-refractivity contribution in [3.05, 3.63) is 58.4 Å². The number of pyridine rings is 2. The van der Waals surface area contributed by atoms with Crippen molar-refractivity contribution < 1.29 is 27.4 Å². The molecule has 0 radical (unpaired) electrons. The van der Waals surface area contributed by atoms with E-state index in [1.54, 1.807) is 25.2 Å². The first-order valence-corrected chi connectivity index (χ1v) is 9.50. The molecule has 2 aliphatic rings. The van der Waals surface area contributed by atoms with Crippen molar-refractivity contribution in [3.8, 4) is 5.75 Å². The van der Waals surface area contributed by atoms with Crippen molar-refractivity contribution >= 4 is 22.6 Å². The molecule has 4 heterocycles. The zero-order valence-electron chi connectivity index (χ0n) is 16.4. The van der Waals surface area contributed by atoms with Gasteiger partial charge in [0.1, 0.15) is 23.9 Å². The van der Waals surface area contributed by atoms with E-state index in [9.17, 15) is 18.0 Å². The molecule has 2 aliphatic heterocycles. The first-order chi connectivity index (χ1) is 14.7. The summed E-state index contributed by atoms with van der Waals surface area (Å²) in [6.07, 6.45) is -3.44. The lowest BCUT2D eigenvalue weighted by Crippen LogP contribution is -2.32. The number of amides is 1. The highest BCUT2D eigenvalue weighted by molar-refractivity contribution is 5.99. The zero-order chi connectivity index (χ0) is 21.9. The van der Waals surface area contributed by atoms with Gasteiger partial charge in [-0.05, 0) is 23.8 Å². The number of nitrogens with two attached hydrogens (primary N) is 1. The van der Waals surface area contributed by atoms with Crippen molar-refractivity contribution in [1.29, 1.82) is 0 Å². The number of aromatic nitrogens is 2. The standard InChI is InChI=1S/C21H17F3N4O3/c1-28(16-9-31-17-5-18(21(22,23)24)26-6-12(16)17)20(29)10-2-3-15-11(4-10)13-7-30-8-14(13)19(25)27-15/h2-6,16H,7-9H2,1H3,(H2,25,27)/t16-/m1/s1. The summed E-state index contributed by atoms with van der Waals surface area (Å²) in [5, 5.41) is 0.792. The molecule has 10 heteroatoms. The maximum absolute atomic E-state index is 13.2. The maximum atomic E-state index is 13.2. The van der Waals surface area contributed by atoms with Gasteiger partial charge < -0.3 is 20.1 Å². The molecule has 1 aromatic carbocycles. The van der Waals surface area contributed by atoms with E-state index in [0.717, 1.165) is 28.8 Å². The van der Waals surface area contributed by atoms with Gasteiger partial charge in [0.25, 0.3) is 5.91 Å². The number of ether oxygens (including phenoxy) is 2. The van der Waals surface area contributed by atoms with Gasteiger partial charge in [0.05, 0.1) is 24.8 Å². The number of fused-ring (bicyclic) bond motifs is 4. The molecule has 2 N–H and O–H groups in total. The normalized spacial score (nSPS) is 17.4. The second-order valence-corrected chi connectivity index (χ2v) is 7.53. The molecular formula is C21H17F3N4O3. The summed E-state index contributed by atoms with van der Waals surface area (Å²) in [5.41, 5.74) is 8.23. The number of hydrogen-bond donors (Lipinski definition) is 1. The number of carbonyl (C=O) groups excluding carboxylic acids is 1. The van der Waals surface area contributed by atoms with E-state index in [-0.39, 0.29) is 18.3 Å². The van der Waals surface area contributed by atoms with Crippen LogP contribution in [0.4, 0.5) is 19.0 Å². The van der Waals surface area contributed by atoms with Crippen LogP contribution in [0.5, 0.6) is 5.75 Å². The number of carbonyl (C=O) groups is 1. The van der Waals surface area contributed by atoms with Gasteiger partial charge in [0.15, 0.2) is 0 Å². The van der Waals surface area contributed by atoms with Crippen molar-refractivity contribution in [1.82, 2.24) is 14.9 Å². The number of hydrogen-bond acceptors (Lipinski definition) is 6. The minimum Gasteiger partial charge on any atom is -0.491 e. The monoisotopic (exact) mass is 430 g/mol. The highest BCUT2D eigenvalue weighted by atomic mass is 19.4. The molecule has 0 fully saturated rings. The Morgan fingerprint density at radius 3 is 2.77 bits per heavy atom. The van der Waals surface area contributed by atoms with Crippen LogP contribution < -0.4 is 10.5 Å². The molecule has 1 amide bonds. The summed E-state index contributed by atoms with van der Waals surface area (Å²) in [4.78, 5) is 22.5. The lowest BCUT2D eigenvalue weighted by Gasteiger charge is -2.24. The zero-order valence-corrected chi connectivity index (χ0v) is 16.4. The second kappa shape index (κ2) is 6.81. The van der Waals surface area contributed by atoms with Crippen LogP contribution in [-0.4, -0.2) is 34.4 Å². The Balaban J connectivity index is 1.47. The van der Waals surface area contributed by atoms with Crippen LogP contribution in [0.15, 0.2) is 30.5 Å². The van der Waals surface area contributed by atoms with E-state index in [2.05, 4.69) is 9.97 Å². The smallest absolute Gasteiger partial charge is 0.433 e. The van der Waals surface area contributed by atoms with Crippen molar-refractivity contribution in [2.45, 2.75) is 25.4 Å². The fourth-order valence-corrected chi connectivity index (χ4v) is 4.01. The molecule has 0 aliphatic carbocycles. The predicted molar refractivity (Wildman–Crippen MR) is 104 cm³/mol. The highest BCUT2D eigenvalue weighted by Gasteiger charge is 2.37. The number of likely N-dealkylation sites (N-methyl/N-ethyl adjacent to an activating group) is 1. The molecule has 0 spiro atoms. The maximum Gasteiger partial charge on any atom is 0.433 e. The molecule has 3 aromatic rings. The summed E-state index contributed by atoms with van der Waals surface area (Å²) in [5.74, 6) is 0.203. The number of halogens is 3. The van der Waals surface area contributed by atoms with Gasteiger partial charge in [0.2, 0.25) is 0 Å². The fourth-order valence-electron chi connectivity index (χ4n) is 4.01. The van der Waals surface area contributed by atoms with Gasteiger partial charge in [-0.1, -0.05) is 0 Å². The third-order valence-corrected chi connectivity index (χ3v) is 5.70. The van der Waals surface area contributed by atoms with Crippen molar-refractivity contribution in [2.24, 2.45) is 0 Å². The number of benzene rings is 1. The van der Waals surface area contributed by atoms with Crippen LogP contribution in [0.2, 0.25) is 0 Å². The Morgan fingerprint density at radius 1 is 1.23 bits per heavy atom. The van der Waals surface area contributed by atoms with Gasteiger partial charge in [-0.3, -0.25) is 9.78 Å². The molecule has 0 saturated heterocycles. The molecule has 0 unspecified atom stereocenters. The van der Waals surface area contributed by atoms with E-state index in [1.165, 1.54) is 4.90 Å². The lowest BCUT2D eigenvalue weighted by molar-refractivity contribution is -0.141. The molecule has 31 heavy (non-hydrogen) atoms. The van der Waals surface area contributed by atoms with Crippen molar-refractivity contribution in [3.63, 3.8) is 0 Å². The van der Waals surface area contributed by atoms with Gasteiger partial charge >= 0.3 is 6.18 Å². The number of nitrogens with zero attached hydrogens (tertiary/aromatic N) is 3. The Bertz CT molecular complexity index is 1230. The lowest BCUT2D eigenvalue weighted by atomic mass is 10.0. The topological polar surface area (TPSA) is 90.6 Å². The molecule has 0 bridgehead atoms.